The van der Waals surface area contributed by atoms with Crippen molar-refractivity contribution in [3.05, 3.63) is 71.8 Å². The Bertz CT molecular complexity index is 877. The summed E-state index contributed by atoms with van der Waals surface area (Å²) < 4.78 is 17.6. The van der Waals surface area contributed by atoms with E-state index < -0.39 is 6.10 Å². The lowest BCUT2D eigenvalue weighted by molar-refractivity contribution is -0.0603. The van der Waals surface area contributed by atoms with Crippen LogP contribution in [0.4, 0.5) is 4.79 Å². The van der Waals surface area contributed by atoms with Gasteiger partial charge in [-0.1, -0.05) is 87.9 Å². The van der Waals surface area contributed by atoms with E-state index in [0.29, 0.717) is 13.2 Å². The van der Waals surface area contributed by atoms with Crippen LogP contribution in [0.5, 0.6) is 0 Å². The molecule has 0 aromatic heterocycles. The summed E-state index contributed by atoms with van der Waals surface area (Å²) in [5, 5.41) is 14.0. The van der Waals surface area contributed by atoms with Gasteiger partial charge in [0.1, 0.15) is 6.61 Å². The minimum Gasteiger partial charge on any atom is -0.445 e. The standard InChI is InChI=1S/C30H43NO5/c1-4-11-26(31-30(33)35-21-25-14-9-6-10-15-25)18-27-16-17-28(36-27)23(3)29(32)22(2)19-34-20-24-12-7-5-8-13-24/h5-10,12-15,22-23,26-29,32H,4,11,16-21H2,1-3H3,(H,31,33)/t22-,23-,26-,27+,28-,29-/m1/s1. The van der Waals surface area contributed by atoms with E-state index in [-0.39, 0.29) is 42.8 Å². The summed E-state index contributed by atoms with van der Waals surface area (Å²) in [6, 6.07) is 19.8. The molecule has 1 fully saturated rings. The van der Waals surface area contributed by atoms with E-state index in [4.69, 9.17) is 14.2 Å². The lowest BCUT2D eigenvalue weighted by Gasteiger charge is -2.29. The number of nitrogens with one attached hydrogen (secondary N) is 1. The van der Waals surface area contributed by atoms with Gasteiger partial charge in [-0.3, -0.25) is 0 Å². The van der Waals surface area contributed by atoms with Gasteiger partial charge in [-0.15, -0.1) is 0 Å². The minimum absolute atomic E-state index is 0.00700. The Morgan fingerprint density at radius 1 is 1.03 bits per heavy atom. The molecule has 198 valence electrons. The maximum absolute atomic E-state index is 12.4. The first-order valence-electron chi connectivity index (χ1n) is 13.4. The van der Waals surface area contributed by atoms with Crippen LogP contribution in [-0.2, 0) is 27.4 Å². The van der Waals surface area contributed by atoms with Crippen LogP contribution in [0.25, 0.3) is 0 Å². The molecule has 2 aromatic rings. The maximum Gasteiger partial charge on any atom is 0.407 e. The highest BCUT2D eigenvalue weighted by atomic mass is 16.5. The lowest BCUT2D eigenvalue weighted by atomic mass is 9.88. The molecule has 0 unspecified atom stereocenters. The lowest BCUT2D eigenvalue weighted by Crippen LogP contribution is -2.39. The second kappa shape index (κ2) is 15.0. The molecular formula is C30H43NO5. The molecule has 1 amide bonds. The summed E-state index contributed by atoms with van der Waals surface area (Å²) in [4.78, 5) is 12.4. The first kappa shape index (κ1) is 28.2. The Kier molecular flexibility index (Phi) is 11.7. The van der Waals surface area contributed by atoms with Gasteiger partial charge in [-0.25, -0.2) is 4.79 Å². The molecule has 6 heteroatoms. The van der Waals surface area contributed by atoms with Crippen molar-refractivity contribution >= 4 is 6.09 Å². The van der Waals surface area contributed by atoms with Gasteiger partial charge in [0.25, 0.3) is 0 Å². The first-order chi connectivity index (χ1) is 17.5. The van der Waals surface area contributed by atoms with Crippen LogP contribution in [0.1, 0.15) is 64.0 Å². The molecule has 0 spiro atoms. The maximum atomic E-state index is 12.4. The van der Waals surface area contributed by atoms with Crippen molar-refractivity contribution < 1.29 is 24.1 Å². The van der Waals surface area contributed by atoms with Gasteiger partial charge in [0.2, 0.25) is 0 Å². The quantitative estimate of drug-likeness (QED) is 0.341. The highest BCUT2D eigenvalue weighted by molar-refractivity contribution is 5.67. The van der Waals surface area contributed by atoms with Crippen LogP contribution in [0.2, 0.25) is 0 Å². The van der Waals surface area contributed by atoms with Gasteiger partial charge < -0.3 is 24.6 Å². The third-order valence-corrected chi connectivity index (χ3v) is 7.06. The Hall–Kier alpha value is -2.41. The van der Waals surface area contributed by atoms with Gasteiger partial charge in [0.05, 0.1) is 31.5 Å². The van der Waals surface area contributed by atoms with Crippen LogP contribution in [0.3, 0.4) is 0 Å². The van der Waals surface area contributed by atoms with Crippen molar-refractivity contribution in [1.82, 2.24) is 5.32 Å². The zero-order valence-electron chi connectivity index (χ0n) is 22.0. The normalized spacial score (nSPS) is 20.9. The molecule has 1 aliphatic rings. The topological polar surface area (TPSA) is 77.0 Å². The number of hydrogen-bond donors (Lipinski definition) is 2. The Morgan fingerprint density at radius 3 is 2.31 bits per heavy atom. The predicted octanol–water partition coefficient (Wildman–Crippen LogP) is 5.87. The third kappa shape index (κ3) is 9.23. The van der Waals surface area contributed by atoms with E-state index in [1.54, 1.807) is 0 Å². The number of aliphatic hydroxyl groups is 1. The van der Waals surface area contributed by atoms with Crippen LogP contribution >= 0.6 is 0 Å². The van der Waals surface area contributed by atoms with E-state index in [1.165, 1.54) is 0 Å². The van der Waals surface area contributed by atoms with E-state index in [2.05, 4.69) is 19.2 Å². The molecule has 0 aliphatic carbocycles. The molecule has 6 atom stereocenters. The first-order valence-corrected chi connectivity index (χ1v) is 13.4. The zero-order valence-corrected chi connectivity index (χ0v) is 22.0. The molecule has 0 saturated carbocycles. The van der Waals surface area contributed by atoms with Gasteiger partial charge in [-0.2, -0.15) is 0 Å². The monoisotopic (exact) mass is 497 g/mol. The molecule has 36 heavy (non-hydrogen) atoms. The van der Waals surface area contributed by atoms with Crippen molar-refractivity contribution in [3.63, 3.8) is 0 Å². The minimum atomic E-state index is -0.498. The number of aliphatic hydroxyl groups excluding tert-OH is 1. The second-order valence-electron chi connectivity index (χ2n) is 10.1. The molecule has 2 aromatic carbocycles. The fourth-order valence-corrected chi connectivity index (χ4v) is 4.91. The highest BCUT2D eigenvalue weighted by Crippen LogP contribution is 2.32. The average Bonchev–Trinajstić information content (AvgIpc) is 3.36. The molecule has 0 bridgehead atoms. The van der Waals surface area contributed by atoms with Crippen LogP contribution in [0.15, 0.2) is 60.7 Å². The Balaban J connectivity index is 1.40. The number of amides is 1. The van der Waals surface area contributed by atoms with Crippen LogP contribution < -0.4 is 5.32 Å². The van der Waals surface area contributed by atoms with Gasteiger partial charge >= 0.3 is 6.09 Å². The number of hydrogen-bond acceptors (Lipinski definition) is 5. The average molecular weight is 498 g/mol. The van der Waals surface area contributed by atoms with E-state index in [9.17, 15) is 9.90 Å². The van der Waals surface area contributed by atoms with Crippen LogP contribution in [0, 0.1) is 11.8 Å². The van der Waals surface area contributed by atoms with Crippen molar-refractivity contribution in [2.45, 2.75) is 90.4 Å². The summed E-state index contributed by atoms with van der Waals surface area (Å²) in [6.45, 7) is 7.52. The van der Waals surface area contributed by atoms with Crippen molar-refractivity contribution in [2.24, 2.45) is 11.8 Å². The van der Waals surface area contributed by atoms with Gasteiger partial charge in [0.15, 0.2) is 0 Å². The van der Waals surface area contributed by atoms with E-state index in [0.717, 1.165) is 43.2 Å². The van der Waals surface area contributed by atoms with E-state index in [1.807, 2.05) is 67.6 Å². The third-order valence-electron chi connectivity index (χ3n) is 7.06. The SMILES string of the molecule is CCC[C@H](C[C@@H]1CC[C@H]([C@@H](C)[C@H](O)[C@H](C)COCc2ccccc2)O1)NC(=O)OCc1ccccc1. The van der Waals surface area contributed by atoms with Gasteiger partial charge in [0, 0.05) is 17.9 Å². The Morgan fingerprint density at radius 2 is 1.67 bits per heavy atom. The summed E-state index contributed by atoms with van der Waals surface area (Å²) in [5.74, 6) is 0.0269. The number of ether oxygens (including phenoxy) is 3. The highest BCUT2D eigenvalue weighted by Gasteiger charge is 2.35. The van der Waals surface area contributed by atoms with Crippen LogP contribution in [-0.4, -0.2) is 42.2 Å². The number of benzene rings is 2. The second-order valence-corrected chi connectivity index (χ2v) is 10.1. The van der Waals surface area contributed by atoms with E-state index >= 15 is 0 Å². The fourth-order valence-electron chi connectivity index (χ4n) is 4.91. The number of carbonyl (C=O) groups excluding carboxylic acids is 1. The number of carbonyl (C=O) groups is 1. The largest absolute Gasteiger partial charge is 0.445 e. The molecular weight excluding hydrogens is 454 g/mol. The summed E-state index contributed by atoms with van der Waals surface area (Å²) in [6.07, 6.45) is 3.63. The van der Waals surface area contributed by atoms with Crippen molar-refractivity contribution in [2.75, 3.05) is 6.61 Å². The fraction of sp³-hybridized carbons (Fsp3) is 0.567. The number of rotatable bonds is 14. The summed E-state index contributed by atoms with van der Waals surface area (Å²) in [7, 11) is 0. The molecule has 2 N–H and O–H groups in total. The zero-order chi connectivity index (χ0) is 25.8. The van der Waals surface area contributed by atoms with Crippen molar-refractivity contribution in [3.8, 4) is 0 Å². The summed E-state index contributed by atoms with van der Waals surface area (Å²) >= 11 is 0. The summed E-state index contributed by atoms with van der Waals surface area (Å²) in [5.41, 5.74) is 2.10. The Labute approximate surface area is 216 Å². The van der Waals surface area contributed by atoms with Crippen molar-refractivity contribution in [1.29, 1.82) is 0 Å². The number of alkyl carbamates (subject to hydrolysis) is 1. The molecule has 1 aliphatic heterocycles. The molecule has 6 nitrogen and oxygen atoms in total. The molecule has 3 rings (SSSR count). The molecule has 1 heterocycles. The van der Waals surface area contributed by atoms with Gasteiger partial charge in [-0.05, 0) is 36.8 Å². The smallest absolute Gasteiger partial charge is 0.407 e. The molecule has 0 radical (unpaired) electrons. The predicted molar refractivity (Wildman–Crippen MR) is 141 cm³/mol. The molecule has 1 saturated heterocycles.